The molecule has 2 aliphatic carbocycles. The molecule has 45 heavy (non-hydrogen) atoms. The molecule has 1 saturated heterocycles. The third-order valence-corrected chi connectivity index (χ3v) is 33.1. The first-order chi connectivity index (χ1) is 21.6. The fourth-order valence-electron chi connectivity index (χ4n) is 9.48. The summed E-state index contributed by atoms with van der Waals surface area (Å²) >= 11 is -3.16. The minimum atomic E-state index is -3.16. The predicted octanol–water partition coefficient (Wildman–Crippen LogP) is 11.2. The van der Waals surface area contributed by atoms with Gasteiger partial charge in [0.2, 0.25) is 0 Å². The monoisotopic (exact) mass is 766 g/mol. The van der Waals surface area contributed by atoms with Crippen molar-refractivity contribution >= 4 is 25.4 Å². The van der Waals surface area contributed by atoms with Crippen molar-refractivity contribution in [3.63, 3.8) is 0 Å². The Bertz CT molecular complexity index is 1930. The Morgan fingerprint density at radius 1 is 0.511 bits per heavy atom. The number of hydrogen-bond acceptors (Lipinski definition) is 0. The molecule has 3 aliphatic rings. The summed E-state index contributed by atoms with van der Waals surface area (Å²) in [6, 6.07) is 40.2. The average Bonchev–Trinajstić information content (AvgIpc) is 3.61. The van der Waals surface area contributed by atoms with Gasteiger partial charge in [0.1, 0.15) is 0 Å². The van der Waals surface area contributed by atoms with Crippen LogP contribution in [-0.2, 0) is 20.0 Å². The topological polar surface area (TPSA) is 0 Å². The van der Waals surface area contributed by atoms with E-state index in [1.165, 1.54) is 55.6 Å². The van der Waals surface area contributed by atoms with Crippen molar-refractivity contribution in [3.05, 3.63) is 158 Å². The van der Waals surface area contributed by atoms with Crippen molar-refractivity contribution in [1.29, 1.82) is 0 Å². The number of allylic oxidation sites excluding steroid dienone is 2. The molecule has 0 amide bonds. The summed E-state index contributed by atoms with van der Waals surface area (Å²) in [4.78, 5) is 0. The number of rotatable bonds is 3. The Balaban J connectivity index is 1.40. The number of hydrogen-bond donors (Lipinski definition) is 0. The van der Waals surface area contributed by atoms with Crippen LogP contribution in [0.3, 0.4) is 0 Å². The summed E-state index contributed by atoms with van der Waals surface area (Å²) in [5.74, 6) is 0. The maximum absolute atomic E-state index is 3.16. The summed E-state index contributed by atoms with van der Waals surface area (Å²) in [5.41, 5.74) is 17.1. The molecular weight excluding hydrogens is 723 g/mol. The SMILES string of the molecule is Cc1cc(C)cc(-c2cccc3c2C=C2[CH]3[Hf]([CH3])([CH3])[CH]3C(=Cc4c(-c5cc(C)cc(C)c5)cccc43)[Si]2(C)c2ccccc2)c1. The van der Waals surface area contributed by atoms with Crippen molar-refractivity contribution < 1.29 is 20.0 Å². The summed E-state index contributed by atoms with van der Waals surface area (Å²) < 4.78 is 6.74. The number of benzene rings is 5. The van der Waals surface area contributed by atoms with Gasteiger partial charge in [0.15, 0.2) is 0 Å². The normalized spacial score (nSPS) is 22.2. The molecule has 0 radical (unpaired) electrons. The van der Waals surface area contributed by atoms with E-state index in [4.69, 9.17) is 0 Å². The molecule has 0 bridgehead atoms. The van der Waals surface area contributed by atoms with Crippen molar-refractivity contribution in [3.8, 4) is 22.3 Å². The molecule has 0 spiro atoms. The van der Waals surface area contributed by atoms with Crippen LogP contribution in [0.4, 0.5) is 0 Å². The molecule has 5 aromatic carbocycles. The van der Waals surface area contributed by atoms with E-state index in [-0.39, 0.29) is 0 Å². The van der Waals surface area contributed by atoms with Crippen LogP contribution in [-0.4, -0.2) is 8.07 Å². The molecule has 1 fully saturated rings. The Labute approximate surface area is 274 Å². The quantitative estimate of drug-likeness (QED) is 0.161. The standard InChI is InChI=1S/C41H36Si.2CH3.Hf/c1-27-17-28(2)20-33(19-27)38-15-9-11-31-23-36(25-40(31)38)42(5,35-13-7-6-8-14-35)37-24-32-12-10-16-39(41(32)26-37)34-21-29(3)18-30(4)22-34;;;/h6-26H,1-5H3;2*1H3;. The van der Waals surface area contributed by atoms with Crippen LogP contribution in [0.1, 0.15) is 51.9 Å². The summed E-state index contributed by atoms with van der Waals surface area (Å²) in [6.07, 6.45) is 5.41. The molecule has 2 heteroatoms. The molecule has 0 nitrogen and oxygen atoms in total. The van der Waals surface area contributed by atoms with Crippen molar-refractivity contribution in [1.82, 2.24) is 0 Å². The number of fused-ring (bicyclic) bond motifs is 6. The average molecular weight is 765 g/mol. The Morgan fingerprint density at radius 2 is 0.933 bits per heavy atom. The van der Waals surface area contributed by atoms with Crippen molar-refractivity contribution in [2.75, 3.05) is 0 Å². The second-order valence-corrected chi connectivity index (χ2v) is 36.0. The van der Waals surface area contributed by atoms with Gasteiger partial charge in [-0.05, 0) is 0 Å². The zero-order valence-electron chi connectivity index (χ0n) is 27.6. The van der Waals surface area contributed by atoms with Crippen LogP contribution >= 0.6 is 0 Å². The first-order valence-corrected chi connectivity index (χ1v) is 30.3. The van der Waals surface area contributed by atoms with Gasteiger partial charge in [0.25, 0.3) is 0 Å². The van der Waals surface area contributed by atoms with Gasteiger partial charge in [0, 0.05) is 0 Å². The van der Waals surface area contributed by atoms with Gasteiger partial charge in [0.05, 0.1) is 0 Å². The van der Waals surface area contributed by atoms with Gasteiger partial charge in [-0.1, -0.05) is 0 Å². The molecule has 0 N–H and O–H groups in total. The molecule has 0 aromatic heterocycles. The van der Waals surface area contributed by atoms with Gasteiger partial charge in [-0.25, -0.2) is 0 Å². The van der Waals surface area contributed by atoms with Crippen LogP contribution in [0, 0.1) is 27.7 Å². The van der Waals surface area contributed by atoms with Gasteiger partial charge in [-0.15, -0.1) is 0 Å². The van der Waals surface area contributed by atoms with Crippen molar-refractivity contribution in [2.24, 2.45) is 0 Å². The maximum atomic E-state index is 2.78. The van der Waals surface area contributed by atoms with E-state index in [1.54, 1.807) is 26.7 Å². The van der Waals surface area contributed by atoms with Gasteiger partial charge < -0.3 is 0 Å². The fourth-order valence-corrected chi connectivity index (χ4v) is 41.1. The first-order valence-electron chi connectivity index (χ1n) is 16.5. The second-order valence-electron chi connectivity index (χ2n) is 14.7. The summed E-state index contributed by atoms with van der Waals surface area (Å²) in [6.45, 7) is 11.6. The van der Waals surface area contributed by atoms with E-state index in [1.807, 2.05) is 0 Å². The minimum absolute atomic E-state index is 0.591. The predicted molar refractivity (Wildman–Crippen MR) is 194 cm³/mol. The van der Waals surface area contributed by atoms with Gasteiger partial charge >= 0.3 is 277 Å². The molecule has 1 aliphatic heterocycles. The number of aryl methyl sites for hydroxylation is 4. The Kier molecular flexibility index (Phi) is 6.69. The molecule has 8 rings (SSSR count). The zero-order chi connectivity index (χ0) is 31.2. The molecule has 222 valence electrons. The van der Waals surface area contributed by atoms with Crippen molar-refractivity contribution in [2.45, 2.75) is 51.0 Å². The molecule has 1 heterocycles. The van der Waals surface area contributed by atoms with Crippen LogP contribution in [0.2, 0.25) is 15.9 Å². The molecular formula is C43H42HfSi. The summed E-state index contributed by atoms with van der Waals surface area (Å²) in [5, 5.41) is 5.11. The van der Waals surface area contributed by atoms with Gasteiger partial charge in [-0.2, -0.15) is 0 Å². The molecule has 5 aromatic rings. The fraction of sp³-hybridized carbons (Fsp3) is 0.209. The van der Waals surface area contributed by atoms with E-state index in [2.05, 4.69) is 159 Å². The van der Waals surface area contributed by atoms with E-state index < -0.39 is 28.0 Å². The zero-order valence-corrected chi connectivity index (χ0v) is 32.2. The van der Waals surface area contributed by atoms with Gasteiger partial charge in [-0.3, -0.25) is 0 Å². The molecule has 2 unspecified atom stereocenters. The van der Waals surface area contributed by atoms with E-state index in [9.17, 15) is 0 Å². The first kappa shape index (κ1) is 29.1. The third-order valence-electron chi connectivity index (χ3n) is 11.2. The summed E-state index contributed by atoms with van der Waals surface area (Å²) in [7, 11) is -2.27. The third kappa shape index (κ3) is 4.32. The van der Waals surface area contributed by atoms with Crippen LogP contribution in [0.5, 0.6) is 0 Å². The molecule has 2 atom stereocenters. The van der Waals surface area contributed by atoms with E-state index in [0.29, 0.717) is 7.35 Å². The van der Waals surface area contributed by atoms with Crippen LogP contribution < -0.4 is 5.19 Å². The van der Waals surface area contributed by atoms with E-state index >= 15 is 0 Å². The van der Waals surface area contributed by atoms with E-state index in [0.717, 1.165) is 0 Å². The second kappa shape index (κ2) is 10.3. The Hall–Kier alpha value is -3.33. The molecule has 0 saturated carbocycles. The van der Waals surface area contributed by atoms with Crippen LogP contribution in [0.15, 0.2) is 114 Å². The Morgan fingerprint density at radius 3 is 1.36 bits per heavy atom. The van der Waals surface area contributed by atoms with Crippen LogP contribution in [0.25, 0.3) is 34.4 Å².